The number of hydrogen-bond acceptors (Lipinski definition) is 4. The Hall–Kier alpha value is -1.35. The summed E-state index contributed by atoms with van der Waals surface area (Å²) in [6.07, 6.45) is 5.59. The lowest BCUT2D eigenvalue weighted by molar-refractivity contribution is 0.414. The second-order valence-electron chi connectivity index (χ2n) is 6.02. The molecule has 0 fully saturated rings. The van der Waals surface area contributed by atoms with Crippen LogP contribution in [-0.4, -0.2) is 44.2 Å². The van der Waals surface area contributed by atoms with Gasteiger partial charge in [-0.15, -0.1) is 24.0 Å². The highest BCUT2D eigenvalue weighted by atomic mass is 127. The molecule has 0 bridgehead atoms. The second-order valence-corrected chi connectivity index (χ2v) is 7.29. The van der Waals surface area contributed by atoms with Gasteiger partial charge < -0.3 is 19.8 Å². The zero-order chi connectivity index (χ0) is 18.6. The zero-order valence-electron chi connectivity index (χ0n) is 16.2. The number of benzene rings is 1. The van der Waals surface area contributed by atoms with Crippen molar-refractivity contribution in [3.63, 3.8) is 0 Å². The van der Waals surface area contributed by atoms with Crippen LogP contribution in [0.2, 0.25) is 0 Å². The summed E-state index contributed by atoms with van der Waals surface area (Å²) in [5.74, 6) is 2.72. The van der Waals surface area contributed by atoms with Crippen LogP contribution in [0.4, 0.5) is 0 Å². The number of nitrogens with zero attached hydrogens (tertiary/aromatic N) is 1. The SMILES string of the molecule is COc1ccc(CCNC(=NCC(C)SC)NCCc2ccco2)cc1.I. The van der Waals surface area contributed by atoms with Gasteiger partial charge in [0.05, 0.1) is 19.9 Å². The van der Waals surface area contributed by atoms with E-state index >= 15 is 0 Å². The minimum Gasteiger partial charge on any atom is -0.497 e. The van der Waals surface area contributed by atoms with Crippen molar-refractivity contribution < 1.29 is 9.15 Å². The van der Waals surface area contributed by atoms with Crippen LogP contribution in [0.1, 0.15) is 18.2 Å². The van der Waals surface area contributed by atoms with Crippen LogP contribution < -0.4 is 15.4 Å². The molecule has 0 aliphatic rings. The molecule has 0 aliphatic carbocycles. The van der Waals surface area contributed by atoms with Gasteiger partial charge in [0.25, 0.3) is 0 Å². The van der Waals surface area contributed by atoms with Crippen LogP contribution >= 0.6 is 35.7 Å². The minimum atomic E-state index is 0. The Balaban J connectivity index is 0.00000364. The molecule has 0 aliphatic heterocycles. The summed E-state index contributed by atoms with van der Waals surface area (Å²) in [7, 11) is 1.68. The van der Waals surface area contributed by atoms with Crippen molar-refractivity contribution in [3.8, 4) is 5.75 Å². The Labute approximate surface area is 183 Å². The normalized spacial score (nSPS) is 12.2. The van der Waals surface area contributed by atoms with Crippen molar-refractivity contribution in [2.75, 3.05) is 33.0 Å². The predicted octanol–water partition coefficient (Wildman–Crippen LogP) is 3.98. The fraction of sp³-hybridized carbons (Fsp3) is 0.450. The van der Waals surface area contributed by atoms with Gasteiger partial charge in [0.1, 0.15) is 11.5 Å². The number of hydrogen-bond donors (Lipinski definition) is 2. The molecule has 0 spiro atoms. The van der Waals surface area contributed by atoms with Crippen LogP contribution in [0.5, 0.6) is 5.75 Å². The number of nitrogens with one attached hydrogen (secondary N) is 2. The van der Waals surface area contributed by atoms with Gasteiger partial charge in [-0.25, -0.2) is 0 Å². The van der Waals surface area contributed by atoms with Gasteiger partial charge in [0.15, 0.2) is 5.96 Å². The summed E-state index contributed by atoms with van der Waals surface area (Å²) >= 11 is 1.82. The van der Waals surface area contributed by atoms with Crippen LogP contribution in [0.3, 0.4) is 0 Å². The average molecular weight is 503 g/mol. The molecule has 2 rings (SSSR count). The lowest BCUT2D eigenvalue weighted by Crippen LogP contribution is -2.39. The molecule has 5 nitrogen and oxygen atoms in total. The van der Waals surface area contributed by atoms with Gasteiger partial charge >= 0.3 is 0 Å². The van der Waals surface area contributed by atoms with Gasteiger partial charge in [0, 0.05) is 24.8 Å². The largest absolute Gasteiger partial charge is 0.497 e. The Kier molecular flexibility index (Phi) is 12.1. The number of rotatable bonds is 10. The second kappa shape index (κ2) is 13.8. The van der Waals surface area contributed by atoms with E-state index in [1.54, 1.807) is 13.4 Å². The van der Waals surface area contributed by atoms with E-state index in [4.69, 9.17) is 14.1 Å². The maximum atomic E-state index is 5.37. The topological polar surface area (TPSA) is 58.8 Å². The van der Waals surface area contributed by atoms with Crippen molar-refractivity contribution >= 4 is 41.7 Å². The lowest BCUT2D eigenvalue weighted by Gasteiger charge is -2.13. The monoisotopic (exact) mass is 503 g/mol. The highest BCUT2D eigenvalue weighted by Gasteiger charge is 2.03. The summed E-state index contributed by atoms with van der Waals surface area (Å²) in [4.78, 5) is 4.69. The number of aliphatic imine (C=N–C) groups is 1. The van der Waals surface area contributed by atoms with Gasteiger partial charge in [-0.2, -0.15) is 11.8 Å². The fourth-order valence-electron chi connectivity index (χ4n) is 2.35. The molecule has 1 unspecified atom stereocenters. The number of thioether (sulfide) groups is 1. The Morgan fingerprint density at radius 2 is 1.85 bits per heavy atom. The van der Waals surface area contributed by atoms with Crippen LogP contribution in [0, 0.1) is 0 Å². The van der Waals surface area contributed by atoms with Gasteiger partial charge in [-0.3, -0.25) is 4.99 Å². The smallest absolute Gasteiger partial charge is 0.191 e. The molecule has 27 heavy (non-hydrogen) atoms. The number of guanidine groups is 1. The third-order valence-electron chi connectivity index (χ3n) is 4.02. The predicted molar refractivity (Wildman–Crippen MR) is 126 cm³/mol. The van der Waals surface area contributed by atoms with Crippen molar-refractivity contribution in [2.45, 2.75) is 25.0 Å². The molecule has 1 aromatic carbocycles. The molecule has 150 valence electrons. The molecule has 2 N–H and O–H groups in total. The molecule has 0 radical (unpaired) electrons. The van der Waals surface area contributed by atoms with E-state index in [0.29, 0.717) is 5.25 Å². The number of ether oxygens (including phenoxy) is 1. The summed E-state index contributed by atoms with van der Waals surface area (Å²) < 4.78 is 10.6. The molecule has 1 aromatic heterocycles. The summed E-state index contributed by atoms with van der Waals surface area (Å²) in [6, 6.07) is 12.1. The fourth-order valence-corrected chi connectivity index (χ4v) is 2.57. The first-order valence-electron chi connectivity index (χ1n) is 8.91. The minimum absolute atomic E-state index is 0. The van der Waals surface area contributed by atoms with Crippen LogP contribution in [0.15, 0.2) is 52.1 Å². The van der Waals surface area contributed by atoms with E-state index in [-0.39, 0.29) is 24.0 Å². The highest BCUT2D eigenvalue weighted by molar-refractivity contribution is 14.0. The quantitative estimate of drug-likeness (QED) is 0.292. The van der Waals surface area contributed by atoms with E-state index < -0.39 is 0 Å². The molecule has 1 heterocycles. The number of furan rings is 1. The molecule has 0 saturated carbocycles. The first kappa shape index (κ1) is 23.7. The molecular formula is C20H30IN3O2S. The van der Waals surface area contributed by atoms with Crippen LogP contribution in [-0.2, 0) is 12.8 Å². The Bertz CT molecular complexity index is 648. The Morgan fingerprint density at radius 3 is 2.44 bits per heavy atom. The maximum absolute atomic E-state index is 5.37. The molecule has 7 heteroatoms. The van der Waals surface area contributed by atoms with Crippen molar-refractivity contribution in [1.29, 1.82) is 0 Å². The summed E-state index contributed by atoms with van der Waals surface area (Å²) in [5, 5.41) is 7.32. The van der Waals surface area contributed by atoms with Gasteiger partial charge in [0.2, 0.25) is 0 Å². The van der Waals surface area contributed by atoms with Gasteiger partial charge in [-0.1, -0.05) is 19.1 Å². The van der Waals surface area contributed by atoms with Crippen molar-refractivity contribution in [2.24, 2.45) is 4.99 Å². The van der Waals surface area contributed by atoms with Crippen LogP contribution in [0.25, 0.3) is 0 Å². The number of halogens is 1. The van der Waals surface area contributed by atoms with Gasteiger partial charge in [-0.05, 0) is 42.5 Å². The standard InChI is InChI=1S/C20H29N3O2S.HI/c1-16(26-3)15-23-20(22-13-11-19-5-4-14-25-19)21-12-10-17-6-8-18(24-2)9-7-17;/h4-9,14,16H,10-13,15H2,1-3H3,(H2,21,22,23);1H. The lowest BCUT2D eigenvalue weighted by atomic mass is 10.1. The molecule has 0 amide bonds. The molecule has 0 saturated heterocycles. The molecule has 1 atom stereocenters. The Morgan fingerprint density at radius 1 is 1.15 bits per heavy atom. The van der Waals surface area contributed by atoms with E-state index in [9.17, 15) is 0 Å². The van der Waals surface area contributed by atoms with Crippen molar-refractivity contribution in [3.05, 3.63) is 54.0 Å². The first-order chi connectivity index (χ1) is 12.7. The van der Waals surface area contributed by atoms with E-state index in [1.165, 1.54) is 5.56 Å². The molecular weight excluding hydrogens is 473 g/mol. The van der Waals surface area contributed by atoms with Crippen molar-refractivity contribution in [1.82, 2.24) is 10.6 Å². The van der Waals surface area contributed by atoms with E-state index in [1.807, 2.05) is 36.0 Å². The van der Waals surface area contributed by atoms with E-state index in [2.05, 4.69) is 35.9 Å². The zero-order valence-corrected chi connectivity index (χ0v) is 19.4. The highest BCUT2D eigenvalue weighted by Crippen LogP contribution is 2.11. The average Bonchev–Trinajstić information content (AvgIpc) is 3.19. The molecule has 2 aromatic rings. The third-order valence-corrected chi connectivity index (χ3v) is 4.97. The maximum Gasteiger partial charge on any atom is 0.191 e. The third kappa shape index (κ3) is 9.41. The summed E-state index contributed by atoms with van der Waals surface area (Å²) in [6.45, 7) is 4.59. The number of methoxy groups -OCH3 is 1. The summed E-state index contributed by atoms with van der Waals surface area (Å²) in [5.41, 5.74) is 1.27. The van der Waals surface area contributed by atoms with E-state index in [0.717, 1.165) is 49.9 Å². The first-order valence-corrected chi connectivity index (χ1v) is 10.2.